The van der Waals surface area contributed by atoms with E-state index in [1.165, 1.54) is 0 Å². The number of nitrogens with zero attached hydrogens (tertiary/aromatic N) is 2. The van der Waals surface area contributed by atoms with Crippen LogP contribution < -0.4 is 5.32 Å². The van der Waals surface area contributed by atoms with E-state index in [2.05, 4.69) is 31.2 Å². The van der Waals surface area contributed by atoms with Crippen molar-refractivity contribution in [3.05, 3.63) is 42.2 Å². The quantitative estimate of drug-likeness (QED) is 0.815. The van der Waals surface area contributed by atoms with Crippen LogP contribution in [-0.2, 0) is 10.3 Å². The van der Waals surface area contributed by atoms with Crippen molar-refractivity contribution in [2.75, 3.05) is 17.7 Å². The van der Waals surface area contributed by atoms with Gasteiger partial charge in [-0.1, -0.05) is 12.1 Å². The van der Waals surface area contributed by atoms with Crippen molar-refractivity contribution in [2.24, 2.45) is 0 Å². The average molecular weight is 359 g/mol. The minimum absolute atomic E-state index is 0.108. The van der Waals surface area contributed by atoms with E-state index in [0.29, 0.717) is 17.4 Å². The summed E-state index contributed by atoms with van der Waals surface area (Å²) in [5.74, 6) is 0.774. The minimum atomic E-state index is -0.113. The van der Waals surface area contributed by atoms with Crippen LogP contribution >= 0.6 is 11.8 Å². The van der Waals surface area contributed by atoms with Crippen molar-refractivity contribution in [3.8, 4) is 0 Å². The SMILES string of the molecule is CC(C)(C)n1cc(NC(=O)c2ccccc2SC[C@H]2CCCO2)cn1. The summed E-state index contributed by atoms with van der Waals surface area (Å²) < 4.78 is 7.52. The van der Waals surface area contributed by atoms with Crippen LogP contribution in [0.5, 0.6) is 0 Å². The van der Waals surface area contributed by atoms with Crippen LogP contribution in [0, 0.1) is 0 Å². The van der Waals surface area contributed by atoms with Crippen molar-refractivity contribution in [3.63, 3.8) is 0 Å². The zero-order valence-electron chi connectivity index (χ0n) is 15.0. The van der Waals surface area contributed by atoms with Gasteiger partial charge in [-0.15, -0.1) is 11.8 Å². The molecule has 0 unspecified atom stereocenters. The van der Waals surface area contributed by atoms with E-state index in [9.17, 15) is 4.79 Å². The summed E-state index contributed by atoms with van der Waals surface area (Å²) in [7, 11) is 0. The normalized spacial score (nSPS) is 17.6. The van der Waals surface area contributed by atoms with E-state index in [1.807, 2.05) is 35.1 Å². The Morgan fingerprint density at radius 3 is 2.88 bits per heavy atom. The summed E-state index contributed by atoms with van der Waals surface area (Å²) in [4.78, 5) is 13.7. The fourth-order valence-electron chi connectivity index (χ4n) is 2.69. The smallest absolute Gasteiger partial charge is 0.256 e. The van der Waals surface area contributed by atoms with Gasteiger partial charge >= 0.3 is 0 Å². The van der Waals surface area contributed by atoms with Crippen molar-refractivity contribution < 1.29 is 9.53 Å². The van der Waals surface area contributed by atoms with Crippen LogP contribution in [-0.4, -0.2) is 34.2 Å². The second kappa shape index (κ2) is 7.62. The van der Waals surface area contributed by atoms with E-state index in [1.54, 1.807) is 18.0 Å². The molecular weight excluding hydrogens is 334 g/mol. The molecule has 25 heavy (non-hydrogen) atoms. The third-order valence-corrected chi connectivity index (χ3v) is 5.31. The summed E-state index contributed by atoms with van der Waals surface area (Å²) in [5.41, 5.74) is 1.28. The Morgan fingerprint density at radius 1 is 1.40 bits per heavy atom. The van der Waals surface area contributed by atoms with Crippen LogP contribution in [0.2, 0.25) is 0 Å². The van der Waals surface area contributed by atoms with Crippen LogP contribution in [0.3, 0.4) is 0 Å². The highest BCUT2D eigenvalue weighted by Crippen LogP contribution is 2.27. The van der Waals surface area contributed by atoms with Crippen LogP contribution in [0.25, 0.3) is 0 Å². The summed E-state index contributed by atoms with van der Waals surface area (Å²) in [6.45, 7) is 7.07. The lowest BCUT2D eigenvalue weighted by molar-refractivity contribution is 0.102. The zero-order valence-corrected chi connectivity index (χ0v) is 15.8. The standard InChI is InChI=1S/C19H25N3O2S/c1-19(2,3)22-12-14(11-20-22)21-18(23)16-8-4-5-9-17(16)25-13-15-7-6-10-24-15/h4-5,8-9,11-12,15H,6-7,10,13H2,1-3H3,(H,21,23)/t15-/m1/s1. The van der Waals surface area contributed by atoms with Crippen LogP contribution in [0.15, 0.2) is 41.6 Å². The molecule has 0 radical (unpaired) electrons. The van der Waals surface area contributed by atoms with Gasteiger partial charge in [0.25, 0.3) is 5.91 Å². The Kier molecular flexibility index (Phi) is 5.49. The Morgan fingerprint density at radius 2 is 2.20 bits per heavy atom. The van der Waals surface area contributed by atoms with E-state index < -0.39 is 0 Å². The first-order chi connectivity index (χ1) is 11.9. The molecule has 0 aliphatic carbocycles. The second-order valence-corrected chi connectivity index (χ2v) is 8.30. The predicted octanol–water partition coefficient (Wildman–Crippen LogP) is 4.16. The number of thioether (sulfide) groups is 1. The number of carbonyl (C=O) groups excluding carboxylic acids is 1. The molecule has 1 aliphatic rings. The lowest BCUT2D eigenvalue weighted by Crippen LogP contribution is -2.22. The maximum Gasteiger partial charge on any atom is 0.256 e. The molecule has 1 aromatic heterocycles. The Hall–Kier alpha value is -1.79. The number of rotatable bonds is 5. The molecule has 1 aromatic carbocycles. The van der Waals surface area contributed by atoms with Gasteiger partial charge in [0.1, 0.15) is 0 Å². The Balaban J connectivity index is 1.68. The molecular formula is C19H25N3O2S. The molecule has 1 atom stereocenters. The number of nitrogens with one attached hydrogen (secondary N) is 1. The van der Waals surface area contributed by atoms with Crippen molar-refractivity contribution in [1.29, 1.82) is 0 Å². The van der Waals surface area contributed by atoms with Gasteiger partial charge in [0.05, 0.1) is 29.1 Å². The molecule has 1 N–H and O–H groups in total. The van der Waals surface area contributed by atoms with Gasteiger partial charge in [0.15, 0.2) is 0 Å². The van der Waals surface area contributed by atoms with Gasteiger partial charge in [0, 0.05) is 23.5 Å². The lowest BCUT2D eigenvalue weighted by atomic mass is 10.1. The largest absolute Gasteiger partial charge is 0.377 e. The number of ether oxygens (including phenoxy) is 1. The van der Waals surface area contributed by atoms with E-state index in [-0.39, 0.29) is 11.4 Å². The second-order valence-electron chi connectivity index (χ2n) is 7.24. The number of hydrogen-bond donors (Lipinski definition) is 1. The van der Waals surface area contributed by atoms with Crippen molar-refractivity contribution >= 4 is 23.4 Å². The maximum absolute atomic E-state index is 12.7. The fourth-order valence-corrected chi connectivity index (χ4v) is 3.81. The van der Waals surface area contributed by atoms with Gasteiger partial charge in [-0.3, -0.25) is 9.48 Å². The monoisotopic (exact) mass is 359 g/mol. The van der Waals surface area contributed by atoms with E-state index in [0.717, 1.165) is 30.1 Å². The number of hydrogen-bond acceptors (Lipinski definition) is 4. The molecule has 1 amide bonds. The minimum Gasteiger partial charge on any atom is -0.377 e. The molecule has 1 aliphatic heterocycles. The molecule has 0 saturated carbocycles. The maximum atomic E-state index is 12.7. The fraction of sp³-hybridized carbons (Fsp3) is 0.474. The van der Waals surface area contributed by atoms with Crippen LogP contribution in [0.4, 0.5) is 5.69 Å². The van der Waals surface area contributed by atoms with Gasteiger partial charge in [-0.2, -0.15) is 5.10 Å². The Labute approximate surface area is 153 Å². The first-order valence-electron chi connectivity index (χ1n) is 8.63. The van der Waals surface area contributed by atoms with Gasteiger partial charge in [-0.25, -0.2) is 0 Å². The van der Waals surface area contributed by atoms with E-state index in [4.69, 9.17) is 4.74 Å². The molecule has 134 valence electrons. The third-order valence-electron chi connectivity index (χ3n) is 4.11. The first kappa shape index (κ1) is 18.0. The molecule has 5 nitrogen and oxygen atoms in total. The molecule has 1 fully saturated rings. The summed E-state index contributed by atoms with van der Waals surface area (Å²) in [5, 5.41) is 7.28. The van der Waals surface area contributed by atoms with Crippen molar-refractivity contribution in [1.82, 2.24) is 9.78 Å². The summed E-state index contributed by atoms with van der Waals surface area (Å²) in [6.07, 6.45) is 6.08. The number of anilines is 1. The zero-order chi connectivity index (χ0) is 17.9. The van der Waals surface area contributed by atoms with Gasteiger partial charge in [0.2, 0.25) is 0 Å². The highest BCUT2D eigenvalue weighted by Gasteiger charge is 2.19. The lowest BCUT2D eigenvalue weighted by Gasteiger charge is -2.18. The van der Waals surface area contributed by atoms with Gasteiger partial charge in [-0.05, 0) is 45.7 Å². The molecule has 1 saturated heterocycles. The van der Waals surface area contributed by atoms with Crippen LogP contribution in [0.1, 0.15) is 44.0 Å². The van der Waals surface area contributed by atoms with E-state index >= 15 is 0 Å². The molecule has 0 bridgehead atoms. The third kappa shape index (κ3) is 4.64. The van der Waals surface area contributed by atoms with Crippen molar-refractivity contribution in [2.45, 2.75) is 50.2 Å². The molecule has 2 heterocycles. The number of benzene rings is 1. The highest BCUT2D eigenvalue weighted by molar-refractivity contribution is 7.99. The Bertz CT molecular complexity index is 730. The molecule has 3 rings (SSSR count). The average Bonchev–Trinajstić information content (AvgIpc) is 3.24. The topological polar surface area (TPSA) is 56.2 Å². The molecule has 6 heteroatoms. The molecule has 2 aromatic rings. The number of amides is 1. The summed E-state index contributed by atoms with van der Waals surface area (Å²) in [6, 6.07) is 7.71. The van der Waals surface area contributed by atoms with Gasteiger partial charge < -0.3 is 10.1 Å². The summed E-state index contributed by atoms with van der Waals surface area (Å²) >= 11 is 1.69. The number of carbonyl (C=O) groups is 1. The number of aromatic nitrogens is 2. The molecule has 0 spiro atoms. The first-order valence-corrected chi connectivity index (χ1v) is 9.62. The highest BCUT2D eigenvalue weighted by atomic mass is 32.2. The predicted molar refractivity (Wildman–Crippen MR) is 101 cm³/mol.